The molecule has 0 aromatic heterocycles. The first kappa shape index (κ1) is 12.3. The predicted molar refractivity (Wildman–Crippen MR) is 64.7 cm³/mol. The molecule has 0 saturated carbocycles. The fourth-order valence-electron chi connectivity index (χ4n) is 1.69. The van der Waals surface area contributed by atoms with Gasteiger partial charge in [0.1, 0.15) is 0 Å². The van der Waals surface area contributed by atoms with E-state index in [0.717, 1.165) is 24.1 Å². The van der Waals surface area contributed by atoms with Crippen molar-refractivity contribution < 1.29 is 4.79 Å². The van der Waals surface area contributed by atoms with Gasteiger partial charge in [-0.25, -0.2) is 0 Å². The van der Waals surface area contributed by atoms with E-state index < -0.39 is 0 Å². The second-order valence-electron chi connectivity index (χ2n) is 3.67. The Bertz CT molecular complexity index is 407. The van der Waals surface area contributed by atoms with E-state index in [2.05, 4.69) is 6.07 Å². The van der Waals surface area contributed by atoms with Crippen LogP contribution in [0, 0.1) is 18.3 Å². The smallest absolute Gasteiger partial charge is 0.152 e. The monoisotopic (exact) mass is 216 g/mol. The van der Waals surface area contributed by atoms with Gasteiger partial charge in [-0.15, -0.1) is 0 Å². The Balaban J connectivity index is 3.00. The Morgan fingerprint density at radius 3 is 2.81 bits per heavy atom. The van der Waals surface area contributed by atoms with Crippen LogP contribution < -0.4 is 4.90 Å². The summed E-state index contributed by atoms with van der Waals surface area (Å²) in [6.45, 7) is 5.44. The molecule has 0 spiro atoms. The number of hydrogen-bond donors (Lipinski definition) is 0. The van der Waals surface area contributed by atoms with Crippen molar-refractivity contribution in [1.82, 2.24) is 0 Å². The fraction of sp³-hybridized carbons (Fsp3) is 0.385. The molecule has 1 aromatic carbocycles. The number of nitriles is 1. The summed E-state index contributed by atoms with van der Waals surface area (Å²) in [7, 11) is 0. The molecule has 1 rings (SSSR count). The average Bonchev–Trinajstić information content (AvgIpc) is 2.31. The summed E-state index contributed by atoms with van der Waals surface area (Å²) >= 11 is 0. The number of anilines is 1. The highest BCUT2D eigenvalue weighted by atomic mass is 16.1. The van der Waals surface area contributed by atoms with Crippen LogP contribution in [-0.4, -0.2) is 19.4 Å². The first-order chi connectivity index (χ1) is 7.72. The van der Waals surface area contributed by atoms with Crippen LogP contribution in [0.2, 0.25) is 0 Å². The zero-order chi connectivity index (χ0) is 12.0. The summed E-state index contributed by atoms with van der Waals surface area (Å²) in [5, 5.41) is 8.58. The normalized spacial score (nSPS) is 9.56. The maximum absolute atomic E-state index is 11.0. The molecule has 0 aliphatic heterocycles. The van der Waals surface area contributed by atoms with Crippen LogP contribution in [0.5, 0.6) is 0 Å². The molecule has 0 bridgehead atoms. The van der Waals surface area contributed by atoms with Gasteiger partial charge in [-0.1, -0.05) is 11.6 Å². The predicted octanol–water partition coefficient (Wildman–Crippen LogP) is 2.55. The Hall–Kier alpha value is -1.82. The van der Waals surface area contributed by atoms with Crippen molar-refractivity contribution in [2.24, 2.45) is 0 Å². The number of hydrogen-bond acceptors (Lipinski definition) is 3. The molecule has 0 N–H and O–H groups in total. The van der Waals surface area contributed by atoms with Gasteiger partial charge >= 0.3 is 0 Å². The summed E-state index contributed by atoms with van der Waals surface area (Å²) in [6, 6.07) is 7.92. The quantitative estimate of drug-likeness (QED) is 0.710. The van der Waals surface area contributed by atoms with Gasteiger partial charge in [-0.3, -0.25) is 4.79 Å². The standard InChI is InChI=1S/C13H16N2O/c1-3-15(8-4-7-14)13-6-5-11(2)9-12(13)10-16/h5-6,9-10H,3-4,8H2,1-2H3. The number of benzene rings is 1. The van der Waals surface area contributed by atoms with Crippen LogP contribution in [0.15, 0.2) is 18.2 Å². The molecule has 0 atom stereocenters. The van der Waals surface area contributed by atoms with E-state index in [4.69, 9.17) is 5.26 Å². The Morgan fingerprint density at radius 1 is 1.50 bits per heavy atom. The lowest BCUT2D eigenvalue weighted by atomic mass is 10.1. The molecule has 16 heavy (non-hydrogen) atoms. The second-order valence-corrected chi connectivity index (χ2v) is 3.67. The van der Waals surface area contributed by atoms with Crippen LogP contribution in [-0.2, 0) is 0 Å². The molecular formula is C13H16N2O. The molecule has 0 radical (unpaired) electrons. The van der Waals surface area contributed by atoms with E-state index in [1.54, 1.807) is 0 Å². The molecule has 0 saturated heterocycles. The fourth-order valence-corrected chi connectivity index (χ4v) is 1.69. The van der Waals surface area contributed by atoms with Crippen molar-refractivity contribution in [3.8, 4) is 6.07 Å². The third-order valence-corrected chi connectivity index (χ3v) is 2.53. The molecule has 84 valence electrons. The van der Waals surface area contributed by atoms with E-state index in [1.165, 1.54) is 0 Å². The van der Waals surface area contributed by atoms with Crippen molar-refractivity contribution in [3.63, 3.8) is 0 Å². The lowest BCUT2D eigenvalue weighted by Gasteiger charge is -2.23. The van der Waals surface area contributed by atoms with Crippen molar-refractivity contribution >= 4 is 12.0 Å². The van der Waals surface area contributed by atoms with Gasteiger partial charge in [0.15, 0.2) is 6.29 Å². The summed E-state index contributed by atoms with van der Waals surface area (Å²) in [5.74, 6) is 0. The third-order valence-electron chi connectivity index (χ3n) is 2.53. The topological polar surface area (TPSA) is 44.1 Å². The SMILES string of the molecule is CCN(CCC#N)c1ccc(C)cc1C=O. The Labute approximate surface area is 96.3 Å². The van der Waals surface area contributed by atoms with Crippen LogP contribution in [0.3, 0.4) is 0 Å². The van der Waals surface area contributed by atoms with Gasteiger partial charge in [-0.05, 0) is 26.0 Å². The van der Waals surface area contributed by atoms with Gasteiger partial charge < -0.3 is 4.90 Å². The highest BCUT2D eigenvalue weighted by Gasteiger charge is 2.08. The lowest BCUT2D eigenvalue weighted by Crippen LogP contribution is -2.24. The van der Waals surface area contributed by atoms with E-state index in [1.807, 2.05) is 36.9 Å². The third kappa shape index (κ3) is 2.83. The summed E-state index contributed by atoms with van der Waals surface area (Å²) in [6.07, 6.45) is 1.34. The molecule has 3 nitrogen and oxygen atoms in total. The van der Waals surface area contributed by atoms with Gasteiger partial charge in [-0.2, -0.15) is 5.26 Å². The largest absolute Gasteiger partial charge is 0.370 e. The maximum atomic E-state index is 11.0. The number of carbonyl (C=O) groups excluding carboxylic acids is 1. The minimum absolute atomic E-state index is 0.472. The zero-order valence-corrected chi connectivity index (χ0v) is 9.73. The Morgan fingerprint density at radius 2 is 2.25 bits per heavy atom. The number of nitrogens with zero attached hydrogens (tertiary/aromatic N) is 2. The lowest BCUT2D eigenvalue weighted by molar-refractivity contribution is 0.112. The van der Waals surface area contributed by atoms with Crippen molar-refractivity contribution in [1.29, 1.82) is 5.26 Å². The minimum atomic E-state index is 0.472. The van der Waals surface area contributed by atoms with Crippen LogP contribution in [0.1, 0.15) is 29.3 Å². The molecule has 0 aliphatic carbocycles. The van der Waals surface area contributed by atoms with Gasteiger partial charge in [0.05, 0.1) is 12.5 Å². The summed E-state index contributed by atoms with van der Waals surface area (Å²) < 4.78 is 0. The number of carbonyl (C=O) groups is 1. The maximum Gasteiger partial charge on any atom is 0.152 e. The van der Waals surface area contributed by atoms with Crippen molar-refractivity contribution in [3.05, 3.63) is 29.3 Å². The van der Waals surface area contributed by atoms with Crippen LogP contribution in [0.25, 0.3) is 0 Å². The Kier molecular flexibility index (Phi) is 4.53. The van der Waals surface area contributed by atoms with Crippen LogP contribution in [0.4, 0.5) is 5.69 Å². The van der Waals surface area contributed by atoms with E-state index in [0.29, 0.717) is 18.5 Å². The molecule has 0 fully saturated rings. The van der Waals surface area contributed by atoms with E-state index >= 15 is 0 Å². The van der Waals surface area contributed by atoms with Gasteiger partial charge in [0.25, 0.3) is 0 Å². The molecule has 0 aliphatic rings. The highest BCUT2D eigenvalue weighted by molar-refractivity contribution is 5.85. The summed E-state index contributed by atoms with van der Waals surface area (Å²) in [4.78, 5) is 13.0. The summed E-state index contributed by atoms with van der Waals surface area (Å²) in [5.41, 5.74) is 2.68. The molecular weight excluding hydrogens is 200 g/mol. The average molecular weight is 216 g/mol. The van der Waals surface area contributed by atoms with Gasteiger partial charge in [0, 0.05) is 24.3 Å². The first-order valence-electron chi connectivity index (χ1n) is 5.40. The first-order valence-corrected chi connectivity index (χ1v) is 5.40. The number of aldehydes is 1. The minimum Gasteiger partial charge on any atom is -0.370 e. The molecule has 0 unspecified atom stereocenters. The van der Waals surface area contributed by atoms with Crippen molar-refractivity contribution in [2.45, 2.75) is 20.3 Å². The highest BCUT2D eigenvalue weighted by Crippen LogP contribution is 2.20. The van der Waals surface area contributed by atoms with Crippen molar-refractivity contribution in [2.75, 3.05) is 18.0 Å². The molecule has 3 heteroatoms. The second kappa shape index (κ2) is 5.92. The molecule has 1 aromatic rings. The molecule has 0 amide bonds. The molecule has 0 heterocycles. The van der Waals surface area contributed by atoms with E-state index in [9.17, 15) is 4.79 Å². The van der Waals surface area contributed by atoms with E-state index in [-0.39, 0.29) is 0 Å². The van der Waals surface area contributed by atoms with Gasteiger partial charge in [0.2, 0.25) is 0 Å². The zero-order valence-electron chi connectivity index (χ0n) is 9.73. The van der Waals surface area contributed by atoms with Crippen LogP contribution >= 0.6 is 0 Å². The number of aryl methyl sites for hydroxylation is 1. The number of rotatable bonds is 5.